The second kappa shape index (κ2) is 5.72. The molecule has 19 heavy (non-hydrogen) atoms. The van der Waals surface area contributed by atoms with Crippen molar-refractivity contribution in [1.29, 1.82) is 0 Å². The van der Waals surface area contributed by atoms with Gasteiger partial charge in [0, 0.05) is 13.2 Å². The van der Waals surface area contributed by atoms with Crippen LogP contribution in [0.3, 0.4) is 0 Å². The minimum atomic E-state index is -0.242. The zero-order chi connectivity index (χ0) is 13.9. The lowest BCUT2D eigenvalue weighted by molar-refractivity contribution is -0.122. The Balaban J connectivity index is 1.93. The maximum atomic E-state index is 12.1. The topological polar surface area (TPSA) is 64.3 Å². The molecule has 1 amide bonds. The van der Waals surface area contributed by atoms with Crippen LogP contribution in [0.15, 0.2) is 24.3 Å². The normalized spacial score (nSPS) is 26.4. The van der Waals surface area contributed by atoms with E-state index in [1.165, 1.54) is 0 Å². The van der Waals surface area contributed by atoms with Crippen LogP contribution >= 0.6 is 0 Å². The fourth-order valence-corrected chi connectivity index (χ4v) is 2.34. The summed E-state index contributed by atoms with van der Waals surface area (Å²) < 4.78 is 5.52. The van der Waals surface area contributed by atoms with E-state index in [4.69, 9.17) is 10.5 Å². The number of hydrogen-bond donors (Lipinski definition) is 2. The average molecular weight is 262 g/mol. The summed E-state index contributed by atoms with van der Waals surface area (Å²) in [6, 6.07) is 7.84. The van der Waals surface area contributed by atoms with Gasteiger partial charge in [0.15, 0.2) is 0 Å². The number of benzene rings is 1. The van der Waals surface area contributed by atoms with E-state index in [1.807, 2.05) is 38.1 Å². The van der Waals surface area contributed by atoms with Crippen molar-refractivity contribution in [2.45, 2.75) is 44.9 Å². The Bertz CT molecular complexity index is 444. The summed E-state index contributed by atoms with van der Waals surface area (Å²) in [7, 11) is 0. The number of amides is 1. The summed E-state index contributed by atoms with van der Waals surface area (Å²) in [6.45, 7) is 5.28. The van der Waals surface area contributed by atoms with Crippen molar-refractivity contribution in [2.24, 2.45) is 5.73 Å². The zero-order valence-electron chi connectivity index (χ0n) is 11.6. The first-order valence-electron chi connectivity index (χ1n) is 6.74. The van der Waals surface area contributed by atoms with Gasteiger partial charge in [0.1, 0.15) is 0 Å². The van der Waals surface area contributed by atoms with Crippen molar-refractivity contribution in [1.82, 2.24) is 5.32 Å². The molecule has 1 heterocycles. The van der Waals surface area contributed by atoms with E-state index >= 15 is 0 Å². The Morgan fingerprint density at radius 1 is 1.42 bits per heavy atom. The molecule has 3 N–H and O–H groups in total. The molecule has 0 spiro atoms. The first-order valence-corrected chi connectivity index (χ1v) is 6.74. The van der Waals surface area contributed by atoms with E-state index in [-0.39, 0.29) is 17.6 Å². The summed E-state index contributed by atoms with van der Waals surface area (Å²) in [5.74, 6) is 0.0420. The van der Waals surface area contributed by atoms with Crippen LogP contribution in [-0.2, 0) is 22.5 Å². The molecule has 1 aliphatic heterocycles. The summed E-state index contributed by atoms with van der Waals surface area (Å²) >= 11 is 0. The molecule has 2 rings (SSSR count). The molecular weight excluding hydrogens is 240 g/mol. The van der Waals surface area contributed by atoms with Crippen LogP contribution in [0.25, 0.3) is 0 Å². The van der Waals surface area contributed by atoms with Gasteiger partial charge in [0.25, 0.3) is 0 Å². The summed E-state index contributed by atoms with van der Waals surface area (Å²) in [5, 5.41) is 3.09. The quantitative estimate of drug-likeness (QED) is 0.861. The lowest BCUT2D eigenvalue weighted by Gasteiger charge is -2.28. The largest absolute Gasteiger partial charge is 0.376 e. The summed E-state index contributed by atoms with van der Waals surface area (Å²) in [4.78, 5) is 12.1. The Morgan fingerprint density at radius 2 is 2.05 bits per heavy atom. The molecule has 2 unspecified atom stereocenters. The number of hydrogen-bond acceptors (Lipinski definition) is 3. The molecule has 2 atom stereocenters. The van der Waals surface area contributed by atoms with Gasteiger partial charge in [-0.1, -0.05) is 24.3 Å². The smallest absolute Gasteiger partial charge is 0.224 e. The van der Waals surface area contributed by atoms with Gasteiger partial charge < -0.3 is 15.8 Å². The number of nitrogens with one attached hydrogen (secondary N) is 1. The van der Waals surface area contributed by atoms with Gasteiger partial charge in [-0.05, 0) is 31.4 Å². The first kappa shape index (κ1) is 14.0. The fraction of sp³-hybridized carbons (Fsp3) is 0.533. The van der Waals surface area contributed by atoms with Crippen molar-refractivity contribution in [3.63, 3.8) is 0 Å². The van der Waals surface area contributed by atoms with Crippen molar-refractivity contribution in [3.8, 4) is 0 Å². The maximum absolute atomic E-state index is 12.1. The predicted octanol–water partition coefficient (Wildman–Crippen LogP) is 1.37. The maximum Gasteiger partial charge on any atom is 0.224 e. The molecule has 1 aromatic rings. The van der Waals surface area contributed by atoms with E-state index in [0.717, 1.165) is 17.5 Å². The van der Waals surface area contributed by atoms with Gasteiger partial charge in [0.05, 0.1) is 18.1 Å². The van der Waals surface area contributed by atoms with Gasteiger partial charge in [-0.3, -0.25) is 4.79 Å². The lowest BCUT2D eigenvalue weighted by atomic mass is 9.94. The second-order valence-electron chi connectivity index (χ2n) is 5.43. The molecule has 0 aromatic heterocycles. The monoisotopic (exact) mass is 262 g/mol. The number of carbonyl (C=O) groups is 1. The van der Waals surface area contributed by atoms with E-state index in [0.29, 0.717) is 19.6 Å². The molecule has 104 valence electrons. The van der Waals surface area contributed by atoms with Gasteiger partial charge in [-0.2, -0.15) is 0 Å². The van der Waals surface area contributed by atoms with Crippen LogP contribution in [0.5, 0.6) is 0 Å². The van der Waals surface area contributed by atoms with Crippen molar-refractivity contribution in [3.05, 3.63) is 35.4 Å². The molecule has 1 aliphatic rings. The second-order valence-corrected chi connectivity index (χ2v) is 5.43. The van der Waals surface area contributed by atoms with Crippen LogP contribution in [0.2, 0.25) is 0 Å². The molecule has 1 fully saturated rings. The number of rotatable bonds is 4. The summed E-state index contributed by atoms with van der Waals surface area (Å²) in [6.07, 6.45) is 1.33. The fourth-order valence-electron chi connectivity index (χ4n) is 2.34. The third-order valence-corrected chi connectivity index (χ3v) is 3.93. The van der Waals surface area contributed by atoms with Crippen molar-refractivity contribution in [2.75, 3.05) is 6.61 Å². The van der Waals surface area contributed by atoms with Crippen LogP contribution in [0.4, 0.5) is 0 Å². The minimum Gasteiger partial charge on any atom is -0.376 e. The van der Waals surface area contributed by atoms with Gasteiger partial charge in [0.2, 0.25) is 5.91 Å². The molecule has 1 saturated heterocycles. The highest BCUT2D eigenvalue weighted by atomic mass is 16.5. The molecular formula is C15H22N2O2. The Kier molecular flexibility index (Phi) is 4.22. The SMILES string of the molecule is CC1OCCC1(C)NC(=O)Cc1ccc(CN)cc1. The van der Waals surface area contributed by atoms with Crippen LogP contribution < -0.4 is 11.1 Å². The van der Waals surface area contributed by atoms with Crippen LogP contribution in [0.1, 0.15) is 31.4 Å². The van der Waals surface area contributed by atoms with E-state index < -0.39 is 0 Å². The minimum absolute atomic E-state index is 0.0420. The van der Waals surface area contributed by atoms with E-state index in [2.05, 4.69) is 5.32 Å². The molecule has 0 bridgehead atoms. The molecule has 0 radical (unpaired) electrons. The Hall–Kier alpha value is -1.39. The van der Waals surface area contributed by atoms with Crippen LogP contribution in [-0.4, -0.2) is 24.2 Å². The third-order valence-electron chi connectivity index (χ3n) is 3.93. The number of nitrogens with two attached hydrogens (primary N) is 1. The third kappa shape index (κ3) is 3.33. The van der Waals surface area contributed by atoms with Gasteiger partial charge in [-0.25, -0.2) is 0 Å². The Labute approximate surface area is 114 Å². The Morgan fingerprint density at radius 3 is 2.58 bits per heavy atom. The highest BCUT2D eigenvalue weighted by Gasteiger charge is 2.38. The number of ether oxygens (including phenoxy) is 1. The van der Waals surface area contributed by atoms with Gasteiger partial charge >= 0.3 is 0 Å². The molecule has 0 aliphatic carbocycles. The van der Waals surface area contributed by atoms with E-state index in [9.17, 15) is 4.79 Å². The highest BCUT2D eigenvalue weighted by Crippen LogP contribution is 2.25. The standard InChI is InChI=1S/C15H22N2O2/c1-11-15(2,7-8-19-11)17-14(18)9-12-3-5-13(10-16)6-4-12/h3-6,11H,7-10,16H2,1-2H3,(H,17,18). The zero-order valence-corrected chi connectivity index (χ0v) is 11.6. The molecule has 4 heteroatoms. The lowest BCUT2D eigenvalue weighted by Crippen LogP contribution is -2.51. The molecule has 1 aromatic carbocycles. The number of carbonyl (C=O) groups excluding carboxylic acids is 1. The van der Waals surface area contributed by atoms with E-state index in [1.54, 1.807) is 0 Å². The molecule has 0 saturated carbocycles. The van der Waals surface area contributed by atoms with Crippen molar-refractivity contribution >= 4 is 5.91 Å². The average Bonchev–Trinajstić information content (AvgIpc) is 2.70. The first-order chi connectivity index (χ1) is 9.03. The van der Waals surface area contributed by atoms with Crippen molar-refractivity contribution < 1.29 is 9.53 Å². The predicted molar refractivity (Wildman–Crippen MR) is 74.6 cm³/mol. The molecule has 4 nitrogen and oxygen atoms in total. The van der Waals surface area contributed by atoms with Crippen LogP contribution in [0, 0.1) is 0 Å². The van der Waals surface area contributed by atoms with Gasteiger partial charge in [-0.15, -0.1) is 0 Å². The highest BCUT2D eigenvalue weighted by molar-refractivity contribution is 5.79. The summed E-state index contributed by atoms with van der Waals surface area (Å²) in [5.41, 5.74) is 7.39.